The topological polar surface area (TPSA) is 58.2 Å². The molecule has 1 saturated carbocycles. The van der Waals surface area contributed by atoms with Gasteiger partial charge in [-0.2, -0.15) is 0 Å². The van der Waals surface area contributed by atoms with Crippen LogP contribution in [-0.2, 0) is 4.79 Å². The Morgan fingerprint density at radius 1 is 1.17 bits per heavy atom. The molecule has 0 heterocycles. The minimum Gasteiger partial charge on any atom is -0.349 e. The zero-order valence-electron chi connectivity index (χ0n) is 13.0. The average Bonchev–Trinajstić information content (AvgIpc) is 2.55. The van der Waals surface area contributed by atoms with Crippen LogP contribution in [0.4, 0.5) is 5.69 Å². The first-order valence-corrected chi connectivity index (χ1v) is 8.97. The van der Waals surface area contributed by atoms with Crippen molar-refractivity contribution in [1.29, 1.82) is 0 Å². The standard InChI is InChI=1S/C17H22Cl2N2O2/c18-10-4-7-16(22)20-13-8-9-15(19)14(11-13)17(23)21-12-5-2-1-3-6-12/h8-9,11-12H,1-7,10H2,(H,20,22)(H,21,23). The maximum Gasteiger partial charge on any atom is 0.253 e. The van der Waals surface area contributed by atoms with Gasteiger partial charge in [0.2, 0.25) is 5.91 Å². The number of amides is 2. The molecule has 2 amide bonds. The Labute approximate surface area is 146 Å². The van der Waals surface area contributed by atoms with Crippen molar-refractivity contribution in [2.75, 3.05) is 11.2 Å². The van der Waals surface area contributed by atoms with E-state index in [4.69, 9.17) is 23.2 Å². The number of rotatable bonds is 6. The van der Waals surface area contributed by atoms with E-state index in [1.807, 2.05) is 0 Å². The molecule has 0 aromatic heterocycles. The summed E-state index contributed by atoms with van der Waals surface area (Å²) in [7, 11) is 0. The third-order valence-corrected chi connectivity index (χ3v) is 4.57. The van der Waals surface area contributed by atoms with Crippen LogP contribution < -0.4 is 10.6 Å². The van der Waals surface area contributed by atoms with Gasteiger partial charge in [-0.1, -0.05) is 30.9 Å². The molecule has 1 aliphatic rings. The van der Waals surface area contributed by atoms with Gasteiger partial charge in [0.05, 0.1) is 10.6 Å². The van der Waals surface area contributed by atoms with Crippen molar-refractivity contribution in [3.8, 4) is 0 Å². The first-order valence-electron chi connectivity index (χ1n) is 8.06. The Morgan fingerprint density at radius 2 is 1.91 bits per heavy atom. The van der Waals surface area contributed by atoms with Crippen LogP contribution in [0, 0.1) is 0 Å². The van der Waals surface area contributed by atoms with Gasteiger partial charge in [0.15, 0.2) is 0 Å². The predicted molar refractivity (Wildman–Crippen MR) is 94.4 cm³/mol. The number of carbonyl (C=O) groups is 2. The minimum absolute atomic E-state index is 0.119. The summed E-state index contributed by atoms with van der Waals surface area (Å²) in [5.41, 5.74) is 0.968. The van der Waals surface area contributed by atoms with E-state index in [1.54, 1.807) is 18.2 Å². The highest BCUT2D eigenvalue weighted by atomic mass is 35.5. The third-order valence-electron chi connectivity index (χ3n) is 3.97. The Balaban J connectivity index is 2.01. The van der Waals surface area contributed by atoms with Crippen LogP contribution in [0.3, 0.4) is 0 Å². The Kier molecular flexibility index (Phi) is 7.18. The van der Waals surface area contributed by atoms with Crippen LogP contribution in [-0.4, -0.2) is 23.7 Å². The van der Waals surface area contributed by atoms with Gasteiger partial charge in [-0.25, -0.2) is 0 Å². The number of hydrogen-bond donors (Lipinski definition) is 2. The number of carbonyl (C=O) groups excluding carboxylic acids is 2. The predicted octanol–water partition coefficient (Wildman–Crippen LogP) is 4.36. The molecule has 0 aliphatic heterocycles. The second-order valence-electron chi connectivity index (χ2n) is 5.84. The molecule has 1 aliphatic carbocycles. The molecule has 0 bridgehead atoms. The van der Waals surface area contributed by atoms with Crippen LogP contribution in [0.2, 0.25) is 5.02 Å². The van der Waals surface area contributed by atoms with E-state index in [-0.39, 0.29) is 17.9 Å². The third kappa shape index (κ3) is 5.70. The van der Waals surface area contributed by atoms with Crippen molar-refractivity contribution in [1.82, 2.24) is 5.32 Å². The number of halogens is 2. The van der Waals surface area contributed by atoms with E-state index >= 15 is 0 Å². The van der Waals surface area contributed by atoms with Crippen molar-refractivity contribution in [3.05, 3.63) is 28.8 Å². The van der Waals surface area contributed by atoms with Gasteiger partial charge in [-0.3, -0.25) is 9.59 Å². The van der Waals surface area contributed by atoms with Crippen LogP contribution in [0.15, 0.2) is 18.2 Å². The molecular weight excluding hydrogens is 335 g/mol. The highest BCUT2D eigenvalue weighted by Crippen LogP contribution is 2.23. The highest BCUT2D eigenvalue weighted by Gasteiger charge is 2.18. The average molecular weight is 357 g/mol. The fraction of sp³-hybridized carbons (Fsp3) is 0.529. The summed E-state index contributed by atoms with van der Waals surface area (Å²) in [4.78, 5) is 24.2. The zero-order valence-corrected chi connectivity index (χ0v) is 14.6. The van der Waals surface area contributed by atoms with Gasteiger partial charge in [-0.05, 0) is 37.5 Å². The lowest BCUT2D eigenvalue weighted by molar-refractivity contribution is -0.116. The van der Waals surface area contributed by atoms with Crippen LogP contribution in [0.25, 0.3) is 0 Å². The second kappa shape index (κ2) is 9.14. The monoisotopic (exact) mass is 356 g/mol. The second-order valence-corrected chi connectivity index (χ2v) is 6.63. The molecule has 1 aromatic rings. The number of benzene rings is 1. The minimum atomic E-state index is -0.182. The molecule has 126 valence electrons. The fourth-order valence-electron chi connectivity index (χ4n) is 2.74. The maximum atomic E-state index is 12.4. The highest BCUT2D eigenvalue weighted by molar-refractivity contribution is 6.34. The molecule has 23 heavy (non-hydrogen) atoms. The summed E-state index contributed by atoms with van der Waals surface area (Å²) < 4.78 is 0. The molecule has 1 aromatic carbocycles. The number of hydrogen-bond acceptors (Lipinski definition) is 2. The van der Waals surface area contributed by atoms with E-state index in [9.17, 15) is 9.59 Å². The number of anilines is 1. The zero-order chi connectivity index (χ0) is 16.7. The first kappa shape index (κ1) is 18.1. The molecule has 4 nitrogen and oxygen atoms in total. The molecule has 0 spiro atoms. The normalized spacial score (nSPS) is 15.2. The Bertz CT molecular complexity index is 558. The lowest BCUT2D eigenvalue weighted by Gasteiger charge is -2.23. The molecule has 6 heteroatoms. The lowest BCUT2D eigenvalue weighted by atomic mass is 9.95. The summed E-state index contributed by atoms with van der Waals surface area (Å²) in [5, 5.41) is 6.19. The van der Waals surface area contributed by atoms with E-state index in [2.05, 4.69) is 10.6 Å². The summed E-state index contributed by atoms with van der Waals surface area (Å²) in [6.07, 6.45) is 6.53. The van der Waals surface area contributed by atoms with Crippen molar-refractivity contribution in [2.45, 2.75) is 51.0 Å². The van der Waals surface area contributed by atoms with Gasteiger partial charge in [-0.15, -0.1) is 11.6 Å². The first-order chi connectivity index (χ1) is 11.1. The van der Waals surface area contributed by atoms with Crippen molar-refractivity contribution in [3.63, 3.8) is 0 Å². The molecule has 0 radical (unpaired) electrons. The summed E-state index contributed by atoms with van der Waals surface area (Å²) >= 11 is 11.7. The smallest absolute Gasteiger partial charge is 0.253 e. The molecule has 2 rings (SSSR count). The quantitative estimate of drug-likeness (QED) is 0.743. The van der Waals surface area contributed by atoms with Gasteiger partial charge in [0.25, 0.3) is 5.91 Å². The van der Waals surface area contributed by atoms with Crippen LogP contribution in [0.1, 0.15) is 55.3 Å². The van der Waals surface area contributed by atoms with E-state index in [0.717, 1.165) is 25.7 Å². The van der Waals surface area contributed by atoms with Crippen LogP contribution >= 0.6 is 23.2 Å². The van der Waals surface area contributed by atoms with E-state index in [0.29, 0.717) is 35.0 Å². The van der Waals surface area contributed by atoms with Crippen LogP contribution in [0.5, 0.6) is 0 Å². The van der Waals surface area contributed by atoms with Crippen molar-refractivity contribution < 1.29 is 9.59 Å². The van der Waals surface area contributed by atoms with E-state index in [1.165, 1.54) is 6.42 Å². The molecular formula is C17H22Cl2N2O2. The molecule has 1 fully saturated rings. The molecule has 2 N–H and O–H groups in total. The van der Waals surface area contributed by atoms with Gasteiger partial charge >= 0.3 is 0 Å². The van der Waals surface area contributed by atoms with E-state index < -0.39 is 0 Å². The lowest BCUT2D eigenvalue weighted by Crippen LogP contribution is -2.36. The summed E-state index contributed by atoms with van der Waals surface area (Å²) in [5.74, 6) is 0.147. The molecule has 0 atom stereocenters. The molecule has 0 saturated heterocycles. The maximum absolute atomic E-state index is 12.4. The Hall–Kier alpha value is -1.26. The number of alkyl halides is 1. The summed E-state index contributed by atoms with van der Waals surface area (Å²) in [6, 6.07) is 5.17. The van der Waals surface area contributed by atoms with Gasteiger partial charge < -0.3 is 10.6 Å². The fourth-order valence-corrected chi connectivity index (χ4v) is 3.07. The van der Waals surface area contributed by atoms with Crippen molar-refractivity contribution in [2.24, 2.45) is 0 Å². The SMILES string of the molecule is O=C(CCCCl)Nc1ccc(Cl)c(C(=O)NC2CCCCC2)c1. The van der Waals surface area contributed by atoms with Gasteiger partial charge in [0, 0.05) is 24.0 Å². The number of nitrogens with one attached hydrogen (secondary N) is 2. The van der Waals surface area contributed by atoms with Gasteiger partial charge in [0.1, 0.15) is 0 Å². The van der Waals surface area contributed by atoms with Crippen molar-refractivity contribution >= 4 is 40.7 Å². The largest absolute Gasteiger partial charge is 0.349 e. The summed E-state index contributed by atoms with van der Waals surface area (Å²) in [6.45, 7) is 0. The Morgan fingerprint density at radius 3 is 2.61 bits per heavy atom. The molecule has 0 unspecified atom stereocenters.